The van der Waals surface area contributed by atoms with E-state index in [1.165, 1.54) is 0 Å². The molecular weight excluding hydrogens is 216 g/mol. The summed E-state index contributed by atoms with van der Waals surface area (Å²) >= 11 is 0. The number of aromatic nitrogens is 2. The van der Waals surface area contributed by atoms with E-state index in [1.54, 1.807) is 0 Å². The summed E-state index contributed by atoms with van der Waals surface area (Å²) in [5.41, 5.74) is 1.53. The minimum atomic E-state index is 0.0294. The maximum absolute atomic E-state index is 12.3. The fourth-order valence-corrected chi connectivity index (χ4v) is 2.14. The van der Waals surface area contributed by atoms with Gasteiger partial charge in [-0.2, -0.15) is 5.10 Å². The van der Waals surface area contributed by atoms with Crippen LogP contribution in [0, 0.1) is 0 Å². The Morgan fingerprint density at radius 2 is 2.35 bits per heavy atom. The van der Waals surface area contributed by atoms with Crippen LogP contribution in [0.25, 0.3) is 0 Å². The first-order chi connectivity index (χ1) is 8.13. The Morgan fingerprint density at radius 3 is 3.00 bits per heavy atom. The molecule has 0 aliphatic carbocycles. The van der Waals surface area contributed by atoms with Gasteiger partial charge in [-0.1, -0.05) is 6.92 Å². The second-order valence-electron chi connectivity index (χ2n) is 4.61. The van der Waals surface area contributed by atoms with Gasteiger partial charge in [0.15, 0.2) is 0 Å². The minimum Gasteiger partial charge on any atom is -0.332 e. The Labute approximate surface area is 102 Å². The summed E-state index contributed by atoms with van der Waals surface area (Å²) < 4.78 is 0. The number of piperazine rings is 1. The van der Waals surface area contributed by atoms with Gasteiger partial charge in [0.2, 0.25) is 0 Å². The molecule has 0 spiro atoms. The molecule has 1 aliphatic heterocycles. The number of hydrogen-bond donors (Lipinski definition) is 2. The smallest absolute Gasteiger partial charge is 0.274 e. The Balaban J connectivity index is 2.13. The van der Waals surface area contributed by atoms with E-state index in [9.17, 15) is 4.79 Å². The number of H-pyrrole nitrogens is 1. The average Bonchev–Trinajstić information content (AvgIpc) is 2.80. The fourth-order valence-electron chi connectivity index (χ4n) is 2.14. The third-order valence-corrected chi connectivity index (χ3v) is 3.53. The Hall–Kier alpha value is -1.36. The SMILES string of the molecule is CCc1cc(C(=O)N2CCNC(C)C2C)n[nH]1. The van der Waals surface area contributed by atoms with Gasteiger partial charge in [0.05, 0.1) is 0 Å². The molecule has 1 saturated heterocycles. The molecule has 1 aliphatic rings. The monoisotopic (exact) mass is 236 g/mol. The third kappa shape index (κ3) is 2.34. The third-order valence-electron chi connectivity index (χ3n) is 3.53. The predicted octanol–water partition coefficient (Wildman–Crippen LogP) is 0.794. The van der Waals surface area contributed by atoms with Gasteiger partial charge >= 0.3 is 0 Å². The van der Waals surface area contributed by atoms with Crippen molar-refractivity contribution in [2.75, 3.05) is 13.1 Å². The molecule has 0 radical (unpaired) electrons. The van der Waals surface area contributed by atoms with Crippen LogP contribution >= 0.6 is 0 Å². The van der Waals surface area contributed by atoms with Gasteiger partial charge in [-0.05, 0) is 26.3 Å². The largest absolute Gasteiger partial charge is 0.332 e. The lowest BCUT2D eigenvalue weighted by molar-refractivity contribution is 0.0597. The van der Waals surface area contributed by atoms with Crippen LogP contribution in [0.1, 0.15) is 37.0 Å². The van der Waals surface area contributed by atoms with Crippen LogP contribution < -0.4 is 5.32 Å². The summed E-state index contributed by atoms with van der Waals surface area (Å²) in [6, 6.07) is 2.39. The lowest BCUT2D eigenvalue weighted by Crippen LogP contribution is -2.57. The van der Waals surface area contributed by atoms with E-state index in [-0.39, 0.29) is 11.9 Å². The van der Waals surface area contributed by atoms with Crippen molar-refractivity contribution >= 4 is 5.91 Å². The van der Waals surface area contributed by atoms with Gasteiger partial charge in [0, 0.05) is 30.9 Å². The van der Waals surface area contributed by atoms with Crippen LogP contribution in [0.3, 0.4) is 0 Å². The number of carbonyl (C=O) groups excluding carboxylic acids is 1. The van der Waals surface area contributed by atoms with Crippen LogP contribution in [0.2, 0.25) is 0 Å². The van der Waals surface area contributed by atoms with Crippen LogP contribution in [-0.4, -0.2) is 46.2 Å². The molecule has 17 heavy (non-hydrogen) atoms. The Morgan fingerprint density at radius 1 is 1.59 bits per heavy atom. The average molecular weight is 236 g/mol. The fraction of sp³-hybridized carbons (Fsp3) is 0.667. The molecular formula is C12H20N4O. The second kappa shape index (κ2) is 4.87. The lowest BCUT2D eigenvalue weighted by atomic mass is 10.1. The summed E-state index contributed by atoms with van der Waals surface area (Å²) in [6.45, 7) is 7.81. The standard InChI is InChI=1S/C12H20N4O/c1-4-10-7-11(15-14-10)12(17)16-6-5-13-8(2)9(16)3/h7-9,13H,4-6H2,1-3H3,(H,14,15). The number of nitrogens with zero attached hydrogens (tertiary/aromatic N) is 2. The molecule has 0 bridgehead atoms. The number of aryl methyl sites for hydroxylation is 1. The highest BCUT2D eigenvalue weighted by Gasteiger charge is 2.29. The van der Waals surface area contributed by atoms with Crippen molar-refractivity contribution in [2.45, 2.75) is 39.3 Å². The summed E-state index contributed by atoms with van der Waals surface area (Å²) in [5.74, 6) is 0.0294. The van der Waals surface area contributed by atoms with Gasteiger partial charge in [0.1, 0.15) is 5.69 Å². The van der Waals surface area contributed by atoms with E-state index in [1.807, 2.05) is 17.9 Å². The molecule has 94 valence electrons. The molecule has 1 amide bonds. The van der Waals surface area contributed by atoms with E-state index >= 15 is 0 Å². The molecule has 0 saturated carbocycles. The van der Waals surface area contributed by atoms with Crippen LogP contribution in [-0.2, 0) is 6.42 Å². The number of hydrogen-bond acceptors (Lipinski definition) is 3. The normalized spacial score (nSPS) is 25.0. The van der Waals surface area contributed by atoms with Crippen molar-refractivity contribution in [3.8, 4) is 0 Å². The molecule has 1 fully saturated rings. The summed E-state index contributed by atoms with van der Waals surface area (Å²) in [7, 11) is 0. The Bertz CT molecular complexity index is 401. The molecule has 2 unspecified atom stereocenters. The van der Waals surface area contributed by atoms with Crippen molar-refractivity contribution in [1.29, 1.82) is 0 Å². The Kier molecular flexibility index (Phi) is 3.47. The van der Waals surface area contributed by atoms with Gasteiger partial charge in [-0.25, -0.2) is 0 Å². The van der Waals surface area contributed by atoms with Gasteiger partial charge in [0.25, 0.3) is 5.91 Å². The zero-order chi connectivity index (χ0) is 12.4. The van der Waals surface area contributed by atoms with E-state index in [0.29, 0.717) is 11.7 Å². The maximum Gasteiger partial charge on any atom is 0.274 e. The highest BCUT2D eigenvalue weighted by atomic mass is 16.2. The number of aromatic amines is 1. The van der Waals surface area contributed by atoms with Gasteiger partial charge < -0.3 is 10.2 Å². The molecule has 1 aromatic rings. The van der Waals surface area contributed by atoms with E-state index < -0.39 is 0 Å². The number of rotatable bonds is 2. The number of carbonyl (C=O) groups is 1. The summed E-state index contributed by atoms with van der Waals surface area (Å²) in [6.07, 6.45) is 0.869. The van der Waals surface area contributed by atoms with Crippen LogP contribution in [0.5, 0.6) is 0 Å². The summed E-state index contributed by atoms with van der Waals surface area (Å²) in [4.78, 5) is 14.2. The van der Waals surface area contributed by atoms with E-state index in [2.05, 4.69) is 29.4 Å². The van der Waals surface area contributed by atoms with Crippen LogP contribution in [0.15, 0.2) is 6.07 Å². The molecule has 5 nitrogen and oxygen atoms in total. The van der Waals surface area contributed by atoms with Gasteiger partial charge in [-0.15, -0.1) is 0 Å². The van der Waals surface area contributed by atoms with E-state index in [4.69, 9.17) is 0 Å². The number of amides is 1. The zero-order valence-electron chi connectivity index (χ0n) is 10.7. The number of nitrogens with one attached hydrogen (secondary N) is 2. The van der Waals surface area contributed by atoms with Crippen molar-refractivity contribution in [3.63, 3.8) is 0 Å². The van der Waals surface area contributed by atoms with Crippen molar-refractivity contribution in [2.24, 2.45) is 0 Å². The first kappa shape index (κ1) is 12.1. The molecule has 2 rings (SSSR count). The van der Waals surface area contributed by atoms with Gasteiger partial charge in [-0.3, -0.25) is 9.89 Å². The van der Waals surface area contributed by atoms with Crippen molar-refractivity contribution in [3.05, 3.63) is 17.5 Å². The topological polar surface area (TPSA) is 61.0 Å². The molecule has 0 aromatic carbocycles. The highest BCUT2D eigenvalue weighted by Crippen LogP contribution is 2.13. The van der Waals surface area contributed by atoms with Crippen molar-refractivity contribution in [1.82, 2.24) is 20.4 Å². The lowest BCUT2D eigenvalue weighted by Gasteiger charge is -2.38. The molecule has 1 aromatic heterocycles. The first-order valence-electron chi connectivity index (χ1n) is 6.22. The highest BCUT2D eigenvalue weighted by molar-refractivity contribution is 5.92. The second-order valence-corrected chi connectivity index (χ2v) is 4.61. The summed E-state index contributed by atoms with van der Waals surface area (Å²) in [5, 5.41) is 10.3. The van der Waals surface area contributed by atoms with Crippen LogP contribution in [0.4, 0.5) is 0 Å². The maximum atomic E-state index is 12.3. The zero-order valence-corrected chi connectivity index (χ0v) is 10.7. The van der Waals surface area contributed by atoms with Crippen molar-refractivity contribution < 1.29 is 4.79 Å². The van der Waals surface area contributed by atoms with E-state index in [0.717, 1.165) is 25.2 Å². The molecule has 2 heterocycles. The quantitative estimate of drug-likeness (QED) is 0.798. The minimum absolute atomic E-state index is 0.0294. The molecule has 2 N–H and O–H groups in total. The first-order valence-corrected chi connectivity index (χ1v) is 6.22. The molecule has 2 atom stereocenters. The molecule has 5 heteroatoms. The predicted molar refractivity (Wildman–Crippen MR) is 65.9 cm³/mol.